The van der Waals surface area contributed by atoms with Crippen molar-refractivity contribution in [2.45, 2.75) is 63.6 Å². The summed E-state index contributed by atoms with van der Waals surface area (Å²) in [4.78, 5) is 4.48. The number of ether oxygens (including phenoxy) is 2. The molecule has 2 fully saturated rings. The van der Waals surface area contributed by atoms with Crippen molar-refractivity contribution in [3.05, 3.63) is 11.7 Å². The van der Waals surface area contributed by atoms with Crippen LogP contribution in [0.1, 0.15) is 56.3 Å². The molecule has 1 atom stereocenters. The minimum atomic E-state index is 0.147. The van der Waals surface area contributed by atoms with Gasteiger partial charge in [-0.05, 0) is 51.4 Å². The highest BCUT2D eigenvalue weighted by Crippen LogP contribution is 2.32. The highest BCUT2D eigenvalue weighted by Gasteiger charge is 2.32. The van der Waals surface area contributed by atoms with Gasteiger partial charge in [-0.15, -0.1) is 0 Å². The van der Waals surface area contributed by atoms with Gasteiger partial charge in [0.1, 0.15) is 0 Å². The second-order valence-electron chi connectivity index (χ2n) is 6.48. The van der Waals surface area contributed by atoms with Crippen molar-refractivity contribution in [2.75, 3.05) is 20.3 Å². The Kier molecular flexibility index (Phi) is 5.44. The third-order valence-electron chi connectivity index (χ3n) is 4.97. The maximum absolute atomic E-state index is 5.50. The summed E-state index contributed by atoms with van der Waals surface area (Å²) in [5.41, 5.74) is 0. The van der Waals surface area contributed by atoms with Crippen LogP contribution in [0.2, 0.25) is 0 Å². The number of aromatic nitrogens is 2. The molecule has 1 aromatic rings. The standard InChI is InChI=1S/C16H27N3O3/c1-11-17-16(22-19-11)15(12-7-9-21-10-8-12)18-13-3-5-14(20-2)6-4-13/h12-15,18H,3-10H2,1-2H3/t13?,14?,15-/m0/s1. The SMILES string of the molecule is COC1CCC(N[C@H](c2nc(C)no2)C2CCOCC2)CC1. The molecule has 0 bridgehead atoms. The Hall–Kier alpha value is -0.980. The summed E-state index contributed by atoms with van der Waals surface area (Å²) in [6.07, 6.45) is 7.05. The van der Waals surface area contributed by atoms with Gasteiger partial charge in [-0.25, -0.2) is 0 Å². The van der Waals surface area contributed by atoms with Crippen LogP contribution in [0.3, 0.4) is 0 Å². The van der Waals surface area contributed by atoms with Gasteiger partial charge in [-0.2, -0.15) is 4.98 Å². The van der Waals surface area contributed by atoms with Crippen molar-refractivity contribution in [1.82, 2.24) is 15.5 Å². The Morgan fingerprint density at radius 1 is 1.14 bits per heavy atom. The number of hydrogen-bond acceptors (Lipinski definition) is 6. The van der Waals surface area contributed by atoms with Crippen LogP contribution >= 0.6 is 0 Å². The lowest BCUT2D eigenvalue weighted by Gasteiger charge is -2.34. The summed E-state index contributed by atoms with van der Waals surface area (Å²) < 4.78 is 16.4. The lowest BCUT2D eigenvalue weighted by atomic mass is 9.88. The second kappa shape index (κ2) is 7.53. The van der Waals surface area contributed by atoms with Crippen molar-refractivity contribution in [3.8, 4) is 0 Å². The molecule has 6 heteroatoms. The molecule has 1 aromatic heterocycles. The molecule has 6 nitrogen and oxygen atoms in total. The minimum Gasteiger partial charge on any atom is -0.381 e. The molecule has 3 rings (SSSR count). The molecule has 0 spiro atoms. The summed E-state index contributed by atoms with van der Waals surface area (Å²) >= 11 is 0. The molecule has 1 aliphatic carbocycles. The van der Waals surface area contributed by atoms with E-state index in [0.717, 1.165) is 57.6 Å². The largest absolute Gasteiger partial charge is 0.381 e. The number of hydrogen-bond donors (Lipinski definition) is 1. The highest BCUT2D eigenvalue weighted by atomic mass is 16.5. The van der Waals surface area contributed by atoms with E-state index in [9.17, 15) is 0 Å². The maximum atomic E-state index is 5.50. The maximum Gasteiger partial charge on any atom is 0.244 e. The Bertz CT molecular complexity index is 451. The summed E-state index contributed by atoms with van der Waals surface area (Å²) in [6, 6.07) is 0.653. The van der Waals surface area contributed by atoms with Crippen molar-refractivity contribution >= 4 is 0 Å². The van der Waals surface area contributed by atoms with E-state index in [1.165, 1.54) is 0 Å². The lowest BCUT2D eigenvalue weighted by Crippen LogP contribution is -2.41. The van der Waals surface area contributed by atoms with Crippen LogP contribution in [0.15, 0.2) is 4.52 Å². The molecule has 22 heavy (non-hydrogen) atoms. The van der Waals surface area contributed by atoms with Gasteiger partial charge in [0.15, 0.2) is 5.82 Å². The van der Waals surface area contributed by atoms with Gasteiger partial charge in [0, 0.05) is 26.4 Å². The zero-order chi connectivity index (χ0) is 15.4. The number of nitrogens with zero attached hydrogens (tertiary/aromatic N) is 2. The van der Waals surface area contributed by atoms with E-state index < -0.39 is 0 Å². The van der Waals surface area contributed by atoms with Gasteiger partial charge in [0.2, 0.25) is 5.89 Å². The van der Waals surface area contributed by atoms with Crippen molar-refractivity contribution in [3.63, 3.8) is 0 Å². The van der Waals surface area contributed by atoms with E-state index >= 15 is 0 Å². The molecule has 1 saturated heterocycles. The van der Waals surface area contributed by atoms with Crippen LogP contribution in [-0.2, 0) is 9.47 Å². The molecule has 0 aromatic carbocycles. The van der Waals surface area contributed by atoms with E-state index in [1.807, 2.05) is 14.0 Å². The van der Waals surface area contributed by atoms with E-state index in [2.05, 4.69) is 15.5 Å². The topological polar surface area (TPSA) is 69.4 Å². The van der Waals surface area contributed by atoms with Crippen LogP contribution in [0, 0.1) is 12.8 Å². The van der Waals surface area contributed by atoms with Crippen molar-refractivity contribution in [1.29, 1.82) is 0 Å². The van der Waals surface area contributed by atoms with Crippen molar-refractivity contribution in [2.24, 2.45) is 5.92 Å². The van der Waals surface area contributed by atoms with Gasteiger partial charge in [-0.3, -0.25) is 0 Å². The molecular weight excluding hydrogens is 282 g/mol. The third-order valence-corrected chi connectivity index (χ3v) is 4.97. The van der Waals surface area contributed by atoms with E-state index in [1.54, 1.807) is 0 Å². The predicted octanol–water partition coefficient (Wildman–Crippen LogP) is 2.39. The Labute approximate surface area is 131 Å². The first-order valence-corrected chi connectivity index (χ1v) is 8.43. The lowest BCUT2D eigenvalue weighted by molar-refractivity contribution is 0.0376. The molecule has 1 saturated carbocycles. The zero-order valence-electron chi connectivity index (χ0n) is 13.6. The van der Waals surface area contributed by atoms with Gasteiger partial charge in [0.25, 0.3) is 0 Å². The van der Waals surface area contributed by atoms with Crippen molar-refractivity contribution < 1.29 is 14.0 Å². The number of nitrogens with one attached hydrogen (secondary N) is 1. The summed E-state index contributed by atoms with van der Waals surface area (Å²) in [6.45, 7) is 3.52. The first-order valence-electron chi connectivity index (χ1n) is 8.43. The van der Waals surface area contributed by atoms with Crippen LogP contribution in [0.4, 0.5) is 0 Å². The summed E-state index contributed by atoms with van der Waals surface area (Å²) in [7, 11) is 1.81. The Balaban J connectivity index is 1.66. The van der Waals surface area contributed by atoms with Gasteiger partial charge < -0.3 is 19.3 Å². The fourth-order valence-corrected chi connectivity index (χ4v) is 3.62. The molecular formula is C16H27N3O3. The number of aryl methyl sites for hydroxylation is 1. The molecule has 2 heterocycles. The Morgan fingerprint density at radius 2 is 1.86 bits per heavy atom. The van der Waals surface area contributed by atoms with E-state index in [4.69, 9.17) is 14.0 Å². The smallest absolute Gasteiger partial charge is 0.244 e. The van der Waals surface area contributed by atoms with Crippen LogP contribution < -0.4 is 5.32 Å². The van der Waals surface area contributed by atoms with Gasteiger partial charge in [-0.1, -0.05) is 5.16 Å². The fraction of sp³-hybridized carbons (Fsp3) is 0.875. The molecule has 1 N–H and O–H groups in total. The summed E-state index contributed by atoms with van der Waals surface area (Å²) in [5, 5.41) is 7.77. The third kappa shape index (κ3) is 3.86. The quantitative estimate of drug-likeness (QED) is 0.900. The summed E-state index contributed by atoms with van der Waals surface area (Å²) in [5.74, 6) is 1.95. The monoisotopic (exact) mass is 309 g/mol. The molecule has 1 aliphatic heterocycles. The molecule has 0 unspecified atom stereocenters. The van der Waals surface area contributed by atoms with Gasteiger partial charge >= 0.3 is 0 Å². The average molecular weight is 309 g/mol. The second-order valence-corrected chi connectivity index (χ2v) is 6.48. The molecule has 0 amide bonds. The molecule has 0 radical (unpaired) electrons. The van der Waals surface area contributed by atoms with E-state index in [-0.39, 0.29) is 6.04 Å². The minimum absolute atomic E-state index is 0.147. The Morgan fingerprint density at radius 3 is 2.45 bits per heavy atom. The fourth-order valence-electron chi connectivity index (χ4n) is 3.62. The number of methoxy groups -OCH3 is 1. The highest BCUT2D eigenvalue weighted by molar-refractivity contribution is 4.97. The average Bonchev–Trinajstić information content (AvgIpc) is 3.00. The van der Waals surface area contributed by atoms with Crippen LogP contribution in [0.25, 0.3) is 0 Å². The number of rotatable bonds is 5. The molecule has 2 aliphatic rings. The van der Waals surface area contributed by atoms with E-state index in [0.29, 0.717) is 23.9 Å². The van der Waals surface area contributed by atoms with Crippen LogP contribution in [0.5, 0.6) is 0 Å². The predicted molar refractivity (Wildman–Crippen MR) is 81.5 cm³/mol. The first-order chi connectivity index (χ1) is 10.8. The zero-order valence-corrected chi connectivity index (χ0v) is 13.6. The first kappa shape index (κ1) is 15.9. The van der Waals surface area contributed by atoms with Crippen LogP contribution in [-0.4, -0.2) is 42.6 Å². The molecule has 124 valence electrons. The van der Waals surface area contributed by atoms with Gasteiger partial charge in [0.05, 0.1) is 12.1 Å². The normalized spacial score (nSPS) is 28.6.